The zero-order chi connectivity index (χ0) is 8.43. The van der Waals surface area contributed by atoms with Crippen molar-refractivity contribution in [2.45, 2.75) is 47.0 Å². The summed E-state index contributed by atoms with van der Waals surface area (Å²) in [5.41, 5.74) is 0. The number of rotatable bonds is 1. The molecule has 0 aliphatic heterocycles. The van der Waals surface area contributed by atoms with Gasteiger partial charge in [0.1, 0.15) is 0 Å². The highest BCUT2D eigenvalue weighted by Crippen LogP contribution is 2.37. The van der Waals surface area contributed by atoms with Crippen LogP contribution in [0.15, 0.2) is 0 Å². The van der Waals surface area contributed by atoms with E-state index < -0.39 is 0 Å². The van der Waals surface area contributed by atoms with Crippen molar-refractivity contribution in [3.05, 3.63) is 0 Å². The predicted molar refractivity (Wildman–Crippen MR) is 50.5 cm³/mol. The molecule has 3 atom stereocenters. The van der Waals surface area contributed by atoms with E-state index in [0.29, 0.717) is 0 Å². The van der Waals surface area contributed by atoms with Crippen LogP contribution in [0, 0.1) is 23.7 Å². The predicted octanol–water partition coefficient (Wildman–Crippen LogP) is 3.71. The summed E-state index contributed by atoms with van der Waals surface area (Å²) >= 11 is 0. The van der Waals surface area contributed by atoms with Crippen LogP contribution in [0.3, 0.4) is 0 Å². The lowest BCUT2D eigenvalue weighted by Gasteiger charge is -2.35. The Morgan fingerprint density at radius 2 is 1.73 bits per heavy atom. The smallest absolute Gasteiger partial charge is 0.0363 e. The molecule has 0 nitrogen and oxygen atoms in total. The first-order chi connectivity index (χ1) is 5.11. The van der Waals surface area contributed by atoms with Crippen LogP contribution in [-0.2, 0) is 0 Å². The zero-order valence-corrected chi connectivity index (χ0v) is 8.43. The van der Waals surface area contributed by atoms with Crippen LogP contribution in [0.5, 0.6) is 0 Å². The molecule has 1 saturated carbocycles. The Bertz CT molecular complexity index is 115. The average molecular weight is 154 g/mol. The molecule has 0 radical (unpaired) electrons. The Morgan fingerprint density at radius 3 is 2.18 bits per heavy atom. The van der Waals surface area contributed by atoms with Crippen molar-refractivity contribution in [2.24, 2.45) is 23.7 Å². The normalized spacial score (nSPS) is 39.5. The Kier molecular flexibility index (Phi) is 2.98. The fourth-order valence-electron chi connectivity index (χ4n) is 2.51. The first-order valence-electron chi connectivity index (χ1n) is 5.11. The van der Waals surface area contributed by atoms with Crippen molar-refractivity contribution in [1.82, 2.24) is 0 Å². The van der Waals surface area contributed by atoms with Crippen LogP contribution >= 0.6 is 0 Å². The third-order valence-corrected chi connectivity index (χ3v) is 3.38. The molecule has 1 aliphatic carbocycles. The van der Waals surface area contributed by atoms with E-state index in [0.717, 1.165) is 23.7 Å². The maximum atomic E-state index is 2.43. The highest BCUT2D eigenvalue weighted by atomic mass is 14.3. The molecule has 0 aromatic carbocycles. The molecule has 1 rings (SSSR count). The molecular weight excluding hydrogens is 132 g/mol. The fraction of sp³-hybridized carbons (Fsp3) is 1.00. The molecule has 0 N–H and O–H groups in total. The minimum absolute atomic E-state index is 0.896. The van der Waals surface area contributed by atoms with Crippen LogP contribution in [0.4, 0.5) is 0 Å². The molecule has 0 heteroatoms. The van der Waals surface area contributed by atoms with Crippen molar-refractivity contribution in [2.75, 3.05) is 0 Å². The van der Waals surface area contributed by atoms with Crippen molar-refractivity contribution in [1.29, 1.82) is 0 Å². The van der Waals surface area contributed by atoms with Crippen LogP contribution in [0.1, 0.15) is 47.0 Å². The lowest BCUT2D eigenvalue weighted by atomic mass is 9.71. The van der Waals surface area contributed by atoms with E-state index >= 15 is 0 Å². The van der Waals surface area contributed by atoms with E-state index in [1.54, 1.807) is 0 Å². The van der Waals surface area contributed by atoms with Crippen LogP contribution in [0.25, 0.3) is 0 Å². The van der Waals surface area contributed by atoms with Crippen molar-refractivity contribution in [3.63, 3.8) is 0 Å². The first-order valence-corrected chi connectivity index (χ1v) is 5.11. The van der Waals surface area contributed by atoms with Gasteiger partial charge in [-0.1, -0.05) is 40.5 Å². The highest BCUT2D eigenvalue weighted by molar-refractivity contribution is 4.77. The summed E-state index contributed by atoms with van der Waals surface area (Å²) in [6, 6.07) is 0. The molecule has 0 aromatic heterocycles. The molecular formula is C11H22. The third kappa shape index (κ3) is 2.21. The van der Waals surface area contributed by atoms with Crippen molar-refractivity contribution < 1.29 is 0 Å². The van der Waals surface area contributed by atoms with E-state index in [9.17, 15) is 0 Å². The maximum absolute atomic E-state index is 2.43. The Labute approximate surface area is 71.4 Å². The van der Waals surface area contributed by atoms with Gasteiger partial charge < -0.3 is 0 Å². The molecule has 0 heterocycles. The van der Waals surface area contributed by atoms with Crippen LogP contribution in [0.2, 0.25) is 0 Å². The second-order valence-electron chi connectivity index (χ2n) is 4.80. The monoisotopic (exact) mass is 154 g/mol. The van der Waals surface area contributed by atoms with Gasteiger partial charge in [-0.15, -0.1) is 0 Å². The molecule has 1 aliphatic rings. The molecule has 0 saturated heterocycles. The molecule has 66 valence electrons. The Hall–Kier alpha value is 0. The highest BCUT2D eigenvalue weighted by Gasteiger charge is 2.27. The third-order valence-electron chi connectivity index (χ3n) is 3.38. The van der Waals surface area contributed by atoms with Gasteiger partial charge in [0.2, 0.25) is 0 Å². The van der Waals surface area contributed by atoms with Gasteiger partial charge in [0.15, 0.2) is 0 Å². The van der Waals surface area contributed by atoms with Crippen LogP contribution in [-0.4, -0.2) is 0 Å². The van der Waals surface area contributed by atoms with Gasteiger partial charge in [0, 0.05) is 0 Å². The summed E-state index contributed by atoms with van der Waals surface area (Å²) in [5.74, 6) is 3.86. The fourth-order valence-corrected chi connectivity index (χ4v) is 2.51. The minimum atomic E-state index is 0.896. The van der Waals surface area contributed by atoms with Gasteiger partial charge >= 0.3 is 0 Å². The lowest BCUT2D eigenvalue weighted by Crippen LogP contribution is -2.25. The van der Waals surface area contributed by atoms with Gasteiger partial charge in [-0.2, -0.15) is 0 Å². The maximum Gasteiger partial charge on any atom is -0.0363 e. The molecule has 11 heavy (non-hydrogen) atoms. The van der Waals surface area contributed by atoms with Gasteiger partial charge in [0.05, 0.1) is 0 Å². The summed E-state index contributed by atoms with van der Waals surface area (Å²) in [7, 11) is 0. The van der Waals surface area contributed by atoms with E-state index in [4.69, 9.17) is 0 Å². The number of hydrogen-bond donors (Lipinski definition) is 0. The van der Waals surface area contributed by atoms with Crippen molar-refractivity contribution in [3.8, 4) is 0 Å². The second kappa shape index (κ2) is 3.60. The zero-order valence-electron chi connectivity index (χ0n) is 8.43. The largest absolute Gasteiger partial charge is 0.0625 e. The van der Waals surface area contributed by atoms with Crippen molar-refractivity contribution >= 4 is 0 Å². The van der Waals surface area contributed by atoms with E-state index in [-0.39, 0.29) is 0 Å². The lowest BCUT2D eigenvalue weighted by molar-refractivity contribution is 0.155. The SMILES string of the molecule is CC(C)C1C[C@@H](C)CC[C@H]1C. The molecule has 0 aromatic rings. The van der Waals surface area contributed by atoms with Gasteiger partial charge in [0.25, 0.3) is 0 Å². The molecule has 1 unspecified atom stereocenters. The second-order valence-corrected chi connectivity index (χ2v) is 4.80. The Morgan fingerprint density at radius 1 is 1.09 bits per heavy atom. The van der Waals surface area contributed by atoms with E-state index in [2.05, 4.69) is 27.7 Å². The summed E-state index contributed by atoms with van der Waals surface area (Å²) in [6.45, 7) is 9.58. The molecule has 0 spiro atoms. The summed E-state index contributed by atoms with van der Waals surface area (Å²) in [5, 5.41) is 0. The topological polar surface area (TPSA) is 0 Å². The first kappa shape index (κ1) is 9.09. The Balaban J connectivity index is 2.47. The van der Waals surface area contributed by atoms with Gasteiger partial charge in [-0.25, -0.2) is 0 Å². The summed E-state index contributed by atoms with van der Waals surface area (Å²) in [4.78, 5) is 0. The number of hydrogen-bond acceptors (Lipinski definition) is 0. The van der Waals surface area contributed by atoms with E-state index in [1.807, 2.05) is 0 Å². The summed E-state index contributed by atoms with van der Waals surface area (Å²) in [6.07, 6.45) is 4.40. The van der Waals surface area contributed by atoms with Gasteiger partial charge in [-0.3, -0.25) is 0 Å². The standard InChI is InChI=1S/C11H22/c1-8(2)11-7-9(3)5-6-10(11)4/h8-11H,5-7H2,1-4H3/t9-,10+,11?/m0/s1. The minimum Gasteiger partial charge on any atom is -0.0625 e. The van der Waals surface area contributed by atoms with E-state index in [1.165, 1.54) is 19.3 Å². The quantitative estimate of drug-likeness (QED) is 0.540. The molecule has 0 bridgehead atoms. The summed E-state index contributed by atoms with van der Waals surface area (Å²) < 4.78 is 0. The average Bonchev–Trinajstić information content (AvgIpc) is 1.94. The molecule has 1 fully saturated rings. The van der Waals surface area contributed by atoms with Crippen LogP contribution < -0.4 is 0 Å². The van der Waals surface area contributed by atoms with Gasteiger partial charge in [-0.05, 0) is 30.1 Å². The molecule has 0 amide bonds.